The molecule has 4 rings (SSSR count). The number of anilines is 4. The Labute approximate surface area is 160 Å². The average molecular weight is 379 g/mol. The third-order valence-corrected chi connectivity index (χ3v) is 4.42. The van der Waals surface area contributed by atoms with E-state index in [0.717, 1.165) is 22.8 Å². The Bertz CT molecular complexity index is 1160. The van der Waals surface area contributed by atoms with Crippen LogP contribution in [0.15, 0.2) is 48.8 Å². The van der Waals surface area contributed by atoms with Crippen LogP contribution in [0.25, 0.3) is 10.9 Å². The lowest BCUT2D eigenvalue weighted by Crippen LogP contribution is -2.04. The number of nitrogens with zero attached hydrogens (tertiary/aromatic N) is 2. The highest BCUT2D eigenvalue weighted by molar-refractivity contribution is 5.93. The van der Waals surface area contributed by atoms with Crippen molar-refractivity contribution < 1.29 is 14.2 Å². The van der Waals surface area contributed by atoms with Gasteiger partial charge in [0.25, 0.3) is 0 Å². The fraction of sp³-hybridized carbons (Fsp3) is 0.100. The topological polar surface area (TPSA) is 95.1 Å². The van der Waals surface area contributed by atoms with E-state index in [-0.39, 0.29) is 17.5 Å². The van der Waals surface area contributed by atoms with Gasteiger partial charge in [-0.1, -0.05) is 6.07 Å². The normalized spacial score (nSPS) is 10.8. The molecule has 0 aliphatic rings. The Morgan fingerprint density at radius 3 is 2.79 bits per heavy atom. The molecule has 2 aromatic carbocycles. The molecule has 8 heteroatoms. The number of aromatic hydroxyl groups is 1. The summed E-state index contributed by atoms with van der Waals surface area (Å²) in [6.45, 7) is 1.71. The van der Waals surface area contributed by atoms with Crippen LogP contribution >= 0.6 is 0 Å². The summed E-state index contributed by atoms with van der Waals surface area (Å²) in [7, 11) is 1.48. The predicted molar refractivity (Wildman–Crippen MR) is 106 cm³/mol. The maximum absolute atomic E-state index is 14.3. The van der Waals surface area contributed by atoms with Crippen LogP contribution < -0.4 is 15.4 Å². The van der Waals surface area contributed by atoms with Crippen LogP contribution in [0, 0.1) is 12.7 Å². The number of ether oxygens (including phenoxy) is 1. The van der Waals surface area contributed by atoms with E-state index in [9.17, 15) is 9.50 Å². The van der Waals surface area contributed by atoms with E-state index < -0.39 is 5.82 Å². The van der Waals surface area contributed by atoms with Gasteiger partial charge in [-0.15, -0.1) is 0 Å². The Morgan fingerprint density at radius 1 is 1.11 bits per heavy atom. The molecular formula is C20H18FN5O2. The van der Waals surface area contributed by atoms with Gasteiger partial charge in [-0.3, -0.25) is 0 Å². The van der Waals surface area contributed by atoms with Gasteiger partial charge in [0.15, 0.2) is 11.6 Å². The number of phenols is 1. The third-order valence-electron chi connectivity index (χ3n) is 4.42. The van der Waals surface area contributed by atoms with Crippen molar-refractivity contribution in [3.8, 4) is 11.5 Å². The van der Waals surface area contributed by atoms with Crippen LogP contribution in [0.1, 0.15) is 5.56 Å². The maximum Gasteiger partial charge on any atom is 0.229 e. The minimum atomic E-state index is -0.613. The van der Waals surface area contributed by atoms with Crippen molar-refractivity contribution in [3.63, 3.8) is 0 Å². The van der Waals surface area contributed by atoms with Gasteiger partial charge in [0.1, 0.15) is 11.5 Å². The molecule has 28 heavy (non-hydrogen) atoms. The number of methoxy groups -OCH3 is 1. The molecule has 0 spiro atoms. The number of hydrogen-bond donors (Lipinski definition) is 4. The number of nitrogens with one attached hydrogen (secondary N) is 3. The molecule has 0 radical (unpaired) electrons. The summed E-state index contributed by atoms with van der Waals surface area (Å²) < 4.78 is 19.6. The monoisotopic (exact) mass is 379 g/mol. The lowest BCUT2D eigenvalue weighted by molar-refractivity contribution is 0.404. The van der Waals surface area contributed by atoms with Crippen LogP contribution in [0.2, 0.25) is 0 Å². The minimum Gasteiger partial charge on any atom is -0.508 e. The summed E-state index contributed by atoms with van der Waals surface area (Å²) in [6, 6.07) is 10.8. The van der Waals surface area contributed by atoms with Crippen LogP contribution in [0.5, 0.6) is 11.5 Å². The molecule has 0 amide bonds. The first kappa shape index (κ1) is 17.6. The molecule has 142 valence electrons. The standard InChI is InChI=1S/C20H18FN5O2/c1-11-17(27)7-6-16(18(11)28-2)24-19-13(21)10-23-20(26-19)25-15-5-3-4-14-12(15)8-9-22-14/h3-10,22,27H,1-2H3,(H2,23,24,25,26). The highest BCUT2D eigenvalue weighted by Gasteiger charge is 2.14. The van der Waals surface area contributed by atoms with Crippen molar-refractivity contribution >= 4 is 34.0 Å². The number of aromatic nitrogens is 3. The van der Waals surface area contributed by atoms with Gasteiger partial charge >= 0.3 is 0 Å². The summed E-state index contributed by atoms with van der Waals surface area (Å²) in [4.78, 5) is 11.4. The number of fused-ring (bicyclic) bond motifs is 1. The Kier molecular flexibility index (Phi) is 4.44. The lowest BCUT2D eigenvalue weighted by Gasteiger charge is -2.15. The zero-order valence-corrected chi connectivity index (χ0v) is 15.2. The van der Waals surface area contributed by atoms with Crippen LogP contribution in [0.4, 0.5) is 27.5 Å². The second-order valence-corrected chi connectivity index (χ2v) is 6.18. The second kappa shape index (κ2) is 7.07. The van der Waals surface area contributed by atoms with E-state index in [1.54, 1.807) is 13.0 Å². The van der Waals surface area contributed by atoms with Crippen molar-refractivity contribution in [2.45, 2.75) is 6.92 Å². The van der Waals surface area contributed by atoms with Crippen LogP contribution in [-0.4, -0.2) is 27.2 Å². The summed E-state index contributed by atoms with van der Waals surface area (Å²) in [6.07, 6.45) is 2.93. The molecule has 0 bridgehead atoms. The van der Waals surface area contributed by atoms with E-state index in [1.165, 1.54) is 13.2 Å². The van der Waals surface area contributed by atoms with Crippen molar-refractivity contribution in [1.29, 1.82) is 0 Å². The summed E-state index contributed by atoms with van der Waals surface area (Å²) in [5.74, 6) is 0.115. The maximum atomic E-state index is 14.3. The highest BCUT2D eigenvalue weighted by Crippen LogP contribution is 2.36. The molecule has 0 aliphatic carbocycles. The number of benzene rings is 2. The van der Waals surface area contributed by atoms with Gasteiger partial charge in [-0.25, -0.2) is 9.37 Å². The molecular weight excluding hydrogens is 361 g/mol. The lowest BCUT2D eigenvalue weighted by atomic mass is 10.1. The summed E-state index contributed by atoms with van der Waals surface area (Å²) >= 11 is 0. The molecule has 7 nitrogen and oxygen atoms in total. The zero-order chi connectivity index (χ0) is 19.7. The number of H-pyrrole nitrogens is 1. The van der Waals surface area contributed by atoms with Crippen molar-refractivity contribution in [2.75, 3.05) is 17.7 Å². The molecule has 0 unspecified atom stereocenters. The average Bonchev–Trinajstić information content (AvgIpc) is 3.17. The molecule has 4 N–H and O–H groups in total. The number of rotatable bonds is 5. The van der Waals surface area contributed by atoms with Gasteiger partial charge in [0, 0.05) is 22.7 Å². The molecule has 0 atom stereocenters. The van der Waals surface area contributed by atoms with Gasteiger partial charge in [0.05, 0.1) is 24.7 Å². The third kappa shape index (κ3) is 3.16. The first-order valence-electron chi connectivity index (χ1n) is 8.56. The quantitative estimate of drug-likeness (QED) is 0.378. The molecule has 0 saturated heterocycles. The van der Waals surface area contributed by atoms with Gasteiger partial charge < -0.3 is 25.5 Å². The van der Waals surface area contributed by atoms with E-state index in [1.807, 2.05) is 30.5 Å². The van der Waals surface area contributed by atoms with E-state index in [2.05, 4.69) is 25.6 Å². The minimum absolute atomic E-state index is 0.0119. The fourth-order valence-corrected chi connectivity index (χ4v) is 3.00. The molecule has 0 aliphatic heterocycles. The number of halogens is 1. The van der Waals surface area contributed by atoms with Crippen molar-refractivity contribution in [1.82, 2.24) is 15.0 Å². The van der Waals surface area contributed by atoms with Crippen LogP contribution in [0.3, 0.4) is 0 Å². The molecule has 0 fully saturated rings. The van der Waals surface area contributed by atoms with Gasteiger partial charge in [-0.05, 0) is 37.3 Å². The summed E-state index contributed by atoms with van der Waals surface area (Å²) in [5.41, 5.74) is 2.79. The Morgan fingerprint density at radius 2 is 1.96 bits per heavy atom. The number of aromatic amines is 1. The Hall–Kier alpha value is -3.81. The van der Waals surface area contributed by atoms with Crippen molar-refractivity contribution in [2.24, 2.45) is 0 Å². The summed E-state index contributed by atoms with van der Waals surface area (Å²) in [5, 5.41) is 16.8. The number of hydrogen-bond acceptors (Lipinski definition) is 6. The van der Waals surface area contributed by atoms with E-state index in [4.69, 9.17) is 4.74 Å². The SMILES string of the molecule is COc1c(Nc2nc(Nc3cccc4[nH]ccc34)ncc2F)ccc(O)c1C. The zero-order valence-electron chi connectivity index (χ0n) is 15.2. The van der Waals surface area contributed by atoms with Crippen LogP contribution in [-0.2, 0) is 0 Å². The molecule has 0 saturated carbocycles. The Balaban J connectivity index is 1.67. The van der Waals surface area contributed by atoms with E-state index >= 15 is 0 Å². The molecule has 2 aromatic heterocycles. The molecule has 4 aromatic rings. The molecule has 2 heterocycles. The smallest absolute Gasteiger partial charge is 0.229 e. The first-order chi connectivity index (χ1) is 13.6. The highest BCUT2D eigenvalue weighted by atomic mass is 19.1. The second-order valence-electron chi connectivity index (χ2n) is 6.18. The van der Waals surface area contributed by atoms with Gasteiger partial charge in [-0.2, -0.15) is 4.98 Å². The first-order valence-corrected chi connectivity index (χ1v) is 8.56. The van der Waals surface area contributed by atoms with Crippen molar-refractivity contribution in [3.05, 3.63) is 60.2 Å². The predicted octanol–water partition coefficient (Wildman–Crippen LogP) is 4.61. The number of phenolic OH excluding ortho intramolecular Hbond substituents is 1. The van der Waals surface area contributed by atoms with E-state index in [0.29, 0.717) is 17.0 Å². The fourth-order valence-electron chi connectivity index (χ4n) is 3.00. The van der Waals surface area contributed by atoms with Gasteiger partial charge in [0.2, 0.25) is 5.95 Å². The largest absolute Gasteiger partial charge is 0.508 e.